The smallest absolute Gasteiger partial charge is 0.408 e. The molecule has 0 aromatic carbocycles. The van der Waals surface area contributed by atoms with Crippen molar-refractivity contribution in [3.8, 4) is 0 Å². The number of rotatable bonds is 6. The van der Waals surface area contributed by atoms with Gasteiger partial charge >= 0.3 is 12.1 Å². The van der Waals surface area contributed by atoms with E-state index in [1.807, 2.05) is 0 Å². The second kappa shape index (κ2) is 8.12. The van der Waals surface area contributed by atoms with Crippen molar-refractivity contribution in [3.05, 3.63) is 0 Å². The number of nitrogens with one attached hydrogen (secondary N) is 1. The Labute approximate surface area is 122 Å². The first-order valence-corrected chi connectivity index (χ1v) is 7.14. The van der Waals surface area contributed by atoms with Crippen LogP contribution in [0.3, 0.4) is 0 Å². The van der Waals surface area contributed by atoms with E-state index in [0.717, 1.165) is 6.42 Å². The van der Waals surface area contributed by atoms with Crippen LogP contribution < -0.4 is 5.32 Å². The van der Waals surface area contributed by atoms with E-state index >= 15 is 0 Å². The van der Waals surface area contributed by atoms with Gasteiger partial charge in [0.2, 0.25) is 0 Å². The number of alkyl carbamates (subject to hydrolysis) is 1. The molecule has 20 heavy (non-hydrogen) atoms. The Balaban J connectivity index is 4.50. The molecule has 5 nitrogen and oxygen atoms in total. The van der Waals surface area contributed by atoms with Crippen LogP contribution in [-0.2, 0) is 14.3 Å². The Morgan fingerprint density at radius 2 is 1.65 bits per heavy atom. The second-order valence-electron chi connectivity index (χ2n) is 6.52. The molecule has 0 aliphatic carbocycles. The van der Waals surface area contributed by atoms with Gasteiger partial charge in [-0.1, -0.05) is 20.8 Å². The molecule has 2 atom stereocenters. The van der Waals surface area contributed by atoms with Crippen molar-refractivity contribution in [2.45, 2.75) is 66.0 Å². The zero-order valence-corrected chi connectivity index (χ0v) is 13.8. The molecule has 0 spiro atoms. The summed E-state index contributed by atoms with van der Waals surface area (Å²) in [6.45, 7) is 11.7. The largest absolute Gasteiger partial charge is 0.467 e. The van der Waals surface area contributed by atoms with E-state index < -0.39 is 23.7 Å². The van der Waals surface area contributed by atoms with Gasteiger partial charge in [0.1, 0.15) is 11.6 Å². The van der Waals surface area contributed by atoms with Crippen molar-refractivity contribution in [2.24, 2.45) is 11.8 Å². The molecular formula is C15H29NO4. The van der Waals surface area contributed by atoms with Crippen LogP contribution in [0.25, 0.3) is 0 Å². The van der Waals surface area contributed by atoms with E-state index in [1.165, 1.54) is 7.11 Å². The van der Waals surface area contributed by atoms with Gasteiger partial charge in [-0.2, -0.15) is 0 Å². The number of carbonyl (C=O) groups is 2. The van der Waals surface area contributed by atoms with Gasteiger partial charge in [0.25, 0.3) is 0 Å². The van der Waals surface area contributed by atoms with Crippen LogP contribution in [-0.4, -0.2) is 30.8 Å². The molecule has 0 rings (SSSR count). The molecule has 0 saturated carbocycles. The lowest BCUT2D eigenvalue weighted by Crippen LogP contribution is -2.44. The first kappa shape index (κ1) is 18.7. The van der Waals surface area contributed by atoms with E-state index in [0.29, 0.717) is 18.3 Å². The van der Waals surface area contributed by atoms with Crippen molar-refractivity contribution in [1.82, 2.24) is 5.32 Å². The van der Waals surface area contributed by atoms with Gasteiger partial charge in [-0.25, -0.2) is 9.59 Å². The average Bonchev–Trinajstić information content (AvgIpc) is 2.30. The second-order valence-corrected chi connectivity index (χ2v) is 6.52. The highest BCUT2D eigenvalue weighted by atomic mass is 16.6. The lowest BCUT2D eigenvalue weighted by Gasteiger charge is -2.23. The molecule has 0 fully saturated rings. The van der Waals surface area contributed by atoms with Gasteiger partial charge in [-0.05, 0) is 45.4 Å². The summed E-state index contributed by atoms with van der Waals surface area (Å²) in [5, 5.41) is 2.58. The summed E-state index contributed by atoms with van der Waals surface area (Å²) >= 11 is 0. The third-order valence-corrected chi connectivity index (χ3v) is 3.23. The Morgan fingerprint density at radius 1 is 1.10 bits per heavy atom. The number of ether oxygens (including phenoxy) is 2. The number of amides is 1. The quantitative estimate of drug-likeness (QED) is 0.762. The van der Waals surface area contributed by atoms with Crippen LogP contribution in [0, 0.1) is 11.8 Å². The van der Waals surface area contributed by atoms with E-state index in [4.69, 9.17) is 9.47 Å². The Morgan fingerprint density at radius 3 is 2.05 bits per heavy atom. The van der Waals surface area contributed by atoms with E-state index in [2.05, 4.69) is 26.1 Å². The first-order valence-electron chi connectivity index (χ1n) is 7.14. The maximum Gasteiger partial charge on any atom is 0.408 e. The molecule has 0 bridgehead atoms. The Bertz CT molecular complexity index is 320. The van der Waals surface area contributed by atoms with E-state index in [9.17, 15) is 9.59 Å². The topological polar surface area (TPSA) is 64.6 Å². The van der Waals surface area contributed by atoms with E-state index in [-0.39, 0.29) is 0 Å². The van der Waals surface area contributed by atoms with Gasteiger partial charge in [0.05, 0.1) is 7.11 Å². The van der Waals surface area contributed by atoms with Crippen LogP contribution in [0.1, 0.15) is 54.4 Å². The molecule has 5 heteroatoms. The molecule has 118 valence electrons. The molecule has 0 radical (unpaired) electrons. The van der Waals surface area contributed by atoms with Crippen LogP contribution in [0.4, 0.5) is 4.79 Å². The fourth-order valence-corrected chi connectivity index (χ4v) is 1.60. The summed E-state index contributed by atoms with van der Waals surface area (Å²) in [6, 6.07) is -0.656. The summed E-state index contributed by atoms with van der Waals surface area (Å²) < 4.78 is 9.89. The minimum Gasteiger partial charge on any atom is -0.467 e. The maximum absolute atomic E-state index is 11.7. The van der Waals surface area contributed by atoms with Crippen molar-refractivity contribution in [3.63, 3.8) is 0 Å². The molecule has 0 unspecified atom stereocenters. The molecule has 1 amide bonds. The molecular weight excluding hydrogens is 258 g/mol. The summed E-state index contributed by atoms with van der Waals surface area (Å²) in [7, 11) is 1.32. The minimum atomic E-state index is -0.656. The number of esters is 1. The Kier molecular flexibility index (Phi) is 7.61. The van der Waals surface area contributed by atoms with Gasteiger partial charge in [-0.15, -0.1) is 0 Å². The fraction of sp³-hybridized carbons (Fsp3) is 0.867. The molecule has 0 aliphatic heterocycles. The zero-order valence-electron chi connectivity index (χ0n) is 13.8. The predicted molar refractivity (Wildman–Crippen MR) is 78.4 cm³/mol. The van der Waals surface area contributed by atoms with Crippen molar-refractivity contribution < 1.29 is 19.1 Å². The monoisotopic (exact) mass is 287 g/mol. The molecule has 1 N–H and O–H groups in total. The van der Waals surface area contributed by atoms with Gasteiger partial charge in [0.15, 0.2) is 0 Å². The lowest BCUT2D eigenvalue weighted by molar-refractivity contribution is -0.143. The van der Waals surface area contributed by atoms with Crippen LogP contribution >= 0.6 is 0 Å². The standard InChI is InChI=1S/C15H29NO4/c1-10(2)11(3)8-9-12(13(17)19-7)16-14(18)20-15(4,5)6/h10-12H,8-9H2,1-7H3,(H,16,18)/t11-,12+/m1/s1. The highest BCUT2D eigenvalue weighted by Gasteiger charge is 2.25. The van der Waals surface area contributed by atoms with Gasteiger partial charge in [-0.3, -0.25) is 0 Å². The van der Waals surface area contributed by atoms with Crippen LogP contribution in [0.2, 0.25) is 0 Å². The van der Waals surface area contributed by atoms with Crippen LogP contribution in [0.5, 0.6) is 0 Å². The third kappa shape index (κ3) is 8.02. The molecule has 0 saturated heterocycles. The van der Waals surface area contributed by atoms with E-state index in [1.54, 1.807) is 20.8 Å². The normalized spacial score (nSPS) is 14.6. The molecule has 0 aromatic rings. The highest BCUT2D eigenvalue weighted by molar-refractivity contribution is 5.81. The lowest BCUT2D eigenvalue weighted by atomic mass is 9.91. The molecule has 0 aliphatic rings. The fourth-order valence-electron chi connectivity index (χ4n) is 1.60. The number of hydrogen-bond acceptors (Lipinski definition) is 4. The SMILES string of the molecule is COC(=O)[C@H](CC[C@@H](C)C(C)C)NC(=O)OC(C)(C)C. The summed E-state index contributed by atoms with van der Waals surface area (Å²) in [5.41, 5.74) is -0.587. The number of hydrogen-bond donors (Lipinski definition) is 1. The van der Waals surface area contributed by atoms with Crippen LogP contribution in [0.15, 0.2) is 0 Å². The summed E-state index contributed by atoms with van der Waals surface area (Å²) in [4.78, 5) is 23.4. The highest BCUT2D eigenvalue weighted by Crippen LogP contribution is 2.17. The van der Waals surface area contributed by atoms with Gasteiger partial charge < -0.3 is 14.8 Å². The van der Waals surface area contributed by atoms with Crippen molar-refractivity contribution >= 4 is 12.1 Å². The summed E-state index contributed by atoms with van der Waals surface area (Å²) in [6.07, 6.45) is 0.795. The maximum atomic E-state index is 11.7. The Hall–Kier alpha value is -1.26. The predicted octanol–water partition coefficient (Wildman–Crippen LogP) is 3.13. The third-order valence-electron chi connectivity index (χ3n) is 3.23. The number of methoxy groups -OCH3 is 1. The summed E-state index contributed by atoms with van der Waals surface area (Å²) in [5.74, 6) is 0.573. The van der Waals surface area contributed by atoms with Crippen molar-refractivity contribution in [2.75, 3.05) is 7.11 Å². The number of carbonyl (C=O) groups excluding carboxylic acids is 2. The van der Waals surface area contributed by atoms with Crippen molar-refractivity contribution in [1.29, 1.82) is 0 Å². The van der Waals surface area contributed by atoms with Gasteiger partial charge in [0, 0.05) is 0 Å². The molecule has 0 aromatic heterocycles. The molecule has 0 heterocycles. The minimum absolute atomic E-state index is 0.438. The first-order chi connectivity index (χ1) is 9.06. The average molecular weight is 287 g/mol. The zero-order chi connectivity index (χ0) is 15.9.